The Balaban J connectivity index is 1.79. The van der Waals surface area contributed by atoms with Crippen LogP contribution < -0.4 is 10.2 Å². The van der Waals surface area contributed by atoms with Crippen molar-refractivity contribution in [3.05, 3.63) is 65.0 Å². The molecule has 0 saturated carbocycles. The van der Waals surface area contributed by atoms with Gasteiger partial charge in [-0.3, -0.25) is 5.43 Å². The number of anilines is 1. The van der Waals surface area contributed by atoms with Crippen molar-refractivity contribution in [1.29, 1.82) is 0 Å². The lowest BCUT2D eigenvalue weighted by atomic mass is 10.2. The first kappa shape index (κ1) is 18.8. The lowest BCUT2D eigenvalue weighted by Crippen LogP contribution is -2.19. The fraction of sp³-hybridized carbons (Fsp3) is 0.0588. The molecule has 1 aromatic heterocycles. The van der Waals surface area contributed by atoms with E-state index in [1.807, 2.05) is 30.3 Å². The third-order valence-corrected chi connectivity index (χ3v) is 3.99. The van der Waals surface area contributed by atoms with E-state index in [-0.39, 0.29) is 0 Å². The van der Waals surface area contributed by atoms with Crippen LogP contribution in [0.15, 0.2) is 52.9 Å². The molecule has 0 bridgehead atoms. The van der Waals surface area contributed by atoms with Gasteiger partial charge in [0, 0.05) is 10.9 Å². The SMILES string of the molecule is Fc1ccc(F)c(OC(F)(F)F)c1C=NNc1nc(-c2ccccc2)cs1. The maximum atomic E-state index is 13.8. The summed E-state index contributed by atoms with van der Waals surface area (Å²) in [5.74, 6) is -3.78. The van der Waals surface area contributed by atoms with Gasteiger partial charge in [-0.25, -0.2) is 13.8 Å². The van der Waals surface area contributed by atoms with Crippen molar-refractivity contribution >= 4 is 22.7 Å². The minimum atomic E-state index is -5.18. The quantitative estimate of drug-likeness (QED) is 0.353. The summed E-state index contributed by atoms with van der Waals surface area (Å²) < 4.78 is 68.2. The highest BCUT2D eigenvalue weighted by Gasteiger charge is 2.34. The first-order chi connectivity index (χ1) is 12.8. The molecule has 27 heavy (non-hydrogen) atoms. The largest absolute Gasteiger partial charge is 0.573 e. The second-order valence-electron chi connectivity index (χ2n) is 5.09. The molecule has 3 aromatic rings. The van der Waals surface area contributed by atoms with Gasteiger partial charge in [-0.15, -0.1) is 24.5 Å². The summed E-state index contributed by atoms with van der Waals surface area (Å²) in [6, 6.07) is 10.5. The average molecular weight is 399 g/mol. The van der Waals surface area contributed by atoms with Crippen molar-refractivity contribution in [2.75, 3.05) is 5.43 Å². The molecule has 0 atom stereocenters. The molecule has 1 heterocycles. The summed E-state index contributed by atoms with van der Waals surface area (Å²) in [7, 11) is 0. The average Bonchev–Trinajstić information content (AvgIpc) is 3.09. The zero-order valence-electron chi connectivity index (χ0n) is 13.3. The summed E-state index contributed by atoms with van der Waals surface area (Å²) in [5.41, 5.74) is 3.22. The second-order valence-corrected chi connectivity index (χ2v) is 5.95. The molecule has 0 fully saturated rings. The number of aromatic nitrogens is 1. The number of ether oxygens (including phenoxy) is 1. The van der Waals surface area contributed by atoms with E-state index in [1.165, 1.54) is 11.3 Å². The number of hydrazone groups is 1. The van der Waals surface area contributed by atoms with Crippen LogP contribution in [-0.2, 0) is 0 Å². The highest BCUT2D eigenvalue weighted by Crippen LogP contribution is 2.30. The molecule has 4 nitrogen and oxygen atoms in total. The fourth-order valence-electron chi connectivity index (χ4n) is 2.11. The van der Waals surface area contributed by atoms with E-state index >= 15 is 0 Å². The van der Waals surface area contributed by atoms with E-state index in [0.717, 1.165) is 5.56 Å². The van der Waals surface area contributed by atoms with Crippen LogP contribution in [0.25, 0.3) is 11.3 Å². The number of hydrogen-bond acceptors (Lipinski definition) is 5. The Morgan fingerprint density at radius 1 is 1.04 bits per heavy atom. The Morgan fingerprint density at radius 3 is 2.44 bits per heavy atom. The molecular formula is C17H10F5N3OS. The van der Waals surface area contributed by atoms with Crippen LogP contribution in [0, 0.1) is 11.6 Å². The normalized spacial score (nSPS) is 11.7. The maximum absolute atomic E-state index is 13.8. The molecule has 0 spiro atoms. The van der Waals surface area contributed by atoms with Crippen LogP contribution in [0.3, 0.4) is 0 Å². The molecule has 0 unspecified atom stereocenters. The van der Waals surface area contributed by atoms with E-state index in [1.54, 1.807) is 5.38 Å². The monoisotopic (exact) mass is 399 g/mol. The maximum Gasteiger partial charge on any atom is 0.573 e. The molecular weight excluding hydrogens is 389 g/mol. The van der Waals surface area contributed by atoms with E-state index < -0.39 is 29.3 Å². The van der Waals surface area contributed by atoms with Gasteiger partial charge in [-0.2, -0.15) is 5.10 Å². The number of alkyl halides is 3. The molecule has 0 aliphatic heterocycles. The molecule has 0 amide bonds. The Morgan fingerprint density at radius 2 is 1.74 bits per heavy atom. The van der Waals surface area contributed by atoms with Crippen molar-refractivity contribution < 1.29 is 26.7 Å². The predicted octanol–water partition coefficient (Wildman–Crippen LogP) is 5.43. The van der Waals surface area contributed by atoms with Crippen LogP contribution in [0.1, 0.15) is 5.56 Å². The molecule has 140 valence electrons. The van der Waals surface area contributed by atoms with Crippen molar-refractivity contribution in [2.24, 2.45) is 5.10 Å². The summed E-state index contributed by atoms with van der Waals surface area (Å²) in [6.45, 7) is 0. The number of benzene rings is 2. The zero-order chi connectivity index (χ0) is 19.4. The smallest absolute Gasteiger partial charge is 0.402 e. The number of nitrogens with one attached hydrogen (secondary N) is 1. The third kappa shape index (κ3) is 4.79. The van der Waals surface area contributed by atoms with Gasteiger partial charge in [-0.05, 0) is 12.1 Å². The predicted molar refractivity (Wildman–Crippen MR) is 91.8 cm³/mol. The number of thiazole rings is 1. The van der Waals surface area contributed by atoms with Gasteiger partial charge >= 0.3 is 6.36 Å². The van der Waals surface area contributed by atoms with Gasteiger partial charge in [-0.1, -0.05) is 30.3 Å². The van der Waals surface area contributed by atoms with Gasteiger partial charge in [0.1, 0.15) is 5.82 Å². The number of rotatable bonds is 5. The minimum absolute atomic E-state index is 0.320. The standard InChI is InChI=1S/C17H10F5N3OS/c18-12-6-7-13(19)15(26-17(20,21)22)11(12)8-23-25-16-24-14(9-27-16)10-4-2-1-3-5-10/h1-9H,(H,24,25). The lowest BCUT2D eigenvalue weighted by molar-refractivity contribution is -0.275. The molecule has 2 aromatic carbocycles. The number of nitrogens with zero attached hydrogens (tertiary/aromatic N) is 2. The number of hydrogen-bond donors (Lipinski definition) is 1. The summed E-state index contributed by atoms with van der Waals surface area (Å²) in [4.78, 5) is 4.25. The molecule has 1 N–H and O–H groups in total. The van der Waals surface area contributed by atoms with Gasteiger partial charge in [0.15, 0.2) is 11.6 Å². The van der Waals surface area contributed by atoms with Crippen LogP contribution in [-0.4, -0.2) is 17.6 Å². The van der Waals surface area contributed by atoms with E-state index in [2.05, 4.69) is 20.2 Å². The van der Waals surface area contributed by atoms with E-state index in [0.29, 0.717) is 29.2 Å². The van der Waals surface area contributed by atoms with E-state index in [9.17, 15) is 22.0 Å². The molecule has 0 aliphatic carbocycles. The molecule has 0 saturated heterocycles. The van der Waals surface area contributed by atoms with E-state index in [4.69, 9.17) is 0 Å². The van der Waals surface area contributed by atoms with Crippen LogP contribution in [0.4, 0.5) is 27.1 Å². The third-order valence-electron chi connectivity index (χ3n) is 3.24. The summed E-state index contributed by atoms with van der Waals surface area (Å²) >= 11 is 1.19. The number of halogens is 5. The minimum Gasteiger partial charge on any atom is -0.402 e. The Kier molecular flexibility index (Phi) is 5.36. The molecule has 10 heteroatoms. The molecule has 3 rings (SSSR count). The van der Waals surface area contributed by atoms with Gasteiger partial charge in [0.2, 0.25) is 5.13 Å². The molecule has 0 aliphatic rings. The van der Waals surface area contributed by atoms with Crippen LogP contribution >= 0.6 is 11.3 Å². The highest BCUT2D eigenvalue weighted by molar-refractivity contribution is 7.14. The van der Waals surface area contributed by atoms with Crippen molar-refractivity contribution in [3.63, 3.8) is 0 Å². The first-order valence-electron chi connectivity index (χ1n) is 7.37. The van der Waals surface area contributed by atoms with Gasteiger partial charge in [0.05, 0.1) is 17.5 Å². The Bertz CT molecular complexity index is 957. The van der Waals surface area contributed by atoms with Crippen LogP contribution in [0.5, 0.6) is 5.75 Å². The highest BCUT2D eigenvalue weighted by atomic mass is 32.1. The molecule has 0 radical (unpaired) electrons. The van der Waals surface area contributed by atoms with Gasteiger partial charge < -0.3 is 4.74 Å². The topological polar surface area (TPSA) is 46.5 Å². The Labute approximate surface area is 153 Å². The summed E-state index contributed by atoms with van der Waals surface area (Å²) in [5, 5.41) is 5.69. The zero-order valence-corrected chi connectivity index (χ0v) is 14.1. The van der Waals surface area contributed by atoms with Crippen molar-refractivity contribution in [3.8, 4) is 17.0 Å². The van der Waals surface area contributed by atoms with Crippen molar-refractivity contribution in [1.82, 2.24) is 4.98 Å². The summed E-state index contributed by atoms with van der Waals surface area (Å²) in [6.07, 6.45) is -4.48. The van der Waals surface area contributed by atoms with Crippen LogP contribution in [0.2, 0.25) is 0 Å². The fourth-order valence-corrected chi connectivity index (χ4v) is 2.78. The van der Waals surface area contributed by atoms with Gasteiger partial charge in [0.25, 0.3) is 0 Å². The first-order valence-corrected chi connectivity index (χ1v) is 8.25. The second kappa shape index (κ2) is 7.70. The Hall–Kier alpha value is -3.01. The lowest BCUT2D eigenvalue weighted by Gasteiger charge is -2.12. The van der Waals surface area contributed by atoms with Crippen molar-refractivity contribution in [2.45, 2.75) is 6.36 Å².